The van der Waals surface area contributed by atoms with Crippen LogP contribution < -0.4 is 25.0 Å². The zero-order valence-corrected chi connectivity index (χ0v) is 25.3. The number of hydrogen-bond acceptors (Lipinski definition) is 9. The summed E-state index contributed by atoms with van der Waals surface area (Å²) in [4.78, 5) is 37.7. The van der Waals surface area contributed by atoms with Crippen LogP contribution in [0.25, 0.3) is 11.0 Å². The minimum atomic E-state index is -2.59. The SMILES string of the molecule is COc1cc(NC(=O)CN(C)C)cc(Nc2nc3ccccc3nc2N(c2cccc(NC(=O)CN(C)C)c2)S(=O)O)c1. The van der Waals surface area contributed by atoms with Crippen molar-refractivity contribution >= 4 is 68.5 Å². The molecular weight excluding hydrogens is 572 g/mol. The first kappa shape index (κ1) is 31.3. The number of amides is 2. The Kier molecular flexibility index (Phi) is 10.2. The van der Waals surface area contributed by atoms with Gasteiger partial charge in [0, 0.05) is 29.2 Å². The predicted molar refractivity (Wildman–Crippen MR) is 170 cm³/mol. The highest BCUT2D eigenvalue weighted by Gasteiger charge is 2.24. The molecular formula is C29H34N8O5S. The van der Waals surface area contributed by atoms with Crippen molar-refractivity contribution in [1.29, 1.82) is 0 Å². The van der Waals surface area contributed by atoms with Crippen molar-refractivity contribution in [3.05, 3.63) is 66.7 Å². The van der Waals surface area contributed by atoms with Gasteiger partial charge in [-0.25, -0.2) is 18.5 Å². The Hall–Kier alpha value is -4.63. The van der Waals surface area contributed by atoms with E-state index in [-0.39, 0.29) is 36.5 Å². The minimum absolute atomic E-state index is 0.0531. The van der Waals surface area contributed by atoms with Crippen LogP contribution >= 0.6 is 0 Å². The van der Waals surface area contributed by atoms with Crippen molar-refractivity contribution in [3.8, 4) is 5.75 Å². The Labute approximate surface area is 252 Å². The number of hydrogen-bond donors (Lipinski definition) is 4. The van der Waals surface area contributed by atoms with E-state index >= 15 is 0 Å². The zero-order chi connectivity index (χ0) is 31.1. The number of ether oxygens (including phenoxy) is 1. The predicted octanol–water partition coefficient (Wildman–Crippen LogP) is 3.66. The summed E-state index contributed by atoms with van der Waals surface area (Å²) in [6.07, 6.45) is 0. The molecule has 0 fully saturated rings. The third-order valence-corrected chi connectivity index (χ3v) is 6.57. The van der Waals surface area contributed by atoms with Crippen LogP contribution in [0, 0.1) is 0 Å². The summed E-state index contributed by atoms with van der Waals surface area (Å²) >= 11 is -2.59. The maximum Gasteiger partial charge on any atom is 0.268 e. The van der Waals surface area contributed by atoms with E-state index in [4.69, 9.17) is 14.7 Å². The molecule has 0 spiro atoms. The van der Waals surface area contributed by atoms with Crippen molar-refractivity contribution in [2.45, 2.75) is 0 Å². The minimum Gasteiger partial charge on any atom is -0.497 e. The van der Waals surface area contributed by atoms with Crippen LogP contribution in [-0.4, -0.2) is 88.7 Å². The second-order valence-corrected chi connectivity index (χ2v) is 10.9. The van der Waals surface area contributed by atoms with Crippen LogP contribution in [0.15, 0.2) is 66.7 Å². The fourth-order valence-electron chi connectivity index (χ4n) is 4.19. The van der Waals surface area contributed by atoms with Gasteiger partial charge in [0.2, 0.25) is 11.8 Å². The molecule has 3 aromatic carbocycles. The molecule has 14 heteroatoms. The molecule has 0 aliphatic carbocycles. The molecule has 1 atom stereocenters. The van der Waals surface area contributed by atoms with Gasteiger partial charge in [-0.3, -0.25) is 14.1 Å². The van der Waals surface area contributed by atoms with E-state index in [1.165, 1.54) is 7.11 Å². The van der Waals surface area contributed by atoms with Crippen LogP contribution in [0.5, 0.6) is 5.75 Å². The first-order valence-corrected chi connectivity index (χ1v) is 14.2. The van der Waals surface area contributed by atoms with Gasteiger partial charge in [-0.1, -0.05) is 18.2 Å². The molecule has 1 heterocycles. The first-order valence-electron chi connectivity index (χ1n) is 13.2. The van der Waals surface area contributed by atoms with E-state index in [0.29, 0.717) is 39.5 Å². The number of rotatable bonds is 12. The van der Waals surface area contributed by atoms with E-state index < -0.39 is 11.3 Å². The van der Waals surface area contributed by atoms with Crippen molar-refractivity contribution in [2.75, 3.05) is 68.6 Å². The number of likely N-dealkylation sites (N-methyl/N-ethyl adjacent to an activating group) is 2. The highest BCUT2D eigenvalue weighted by Crippen LogP contribution is 2.36. The topological polar surface area (TPSA) is 152 Å². The van der Waals surface area contributed by atoms with Crippen LogP contribution in [-0.2, 0) is 20.9 Å². The third kappa shape index (κ3) is 8.45. The van der Waals surface area contributed by atoms with Crippen LogP contribution in [0.4, 0.5) is 34.4 Å². The Morgan fingerprint density at radius 3 is 2.02 bits per heavy atom. The van der Waals surface area contributed by atoms with Crippen molar-refractivity contribution in [3.63, 3.8) is 0 Å². The van der Waals surface area contributed by atoms with Gasteiger partial charge in [0.05, 0.1) is 36.9 Å². The van der Waals surface area contributed by atoms with Gasteiger partial charge in [-0.15, -0.1) is 0 Å². The maximum absolute atomic E-state index is 12.9. The highest BCUT2D eigenvalue weighted by molar-refractivity contribution is 7.81. The number of fused-ring (bicyclic) bond motifs is 1. The van der Waals surface area contributed by atoms with E-state index in [0.717, 1.165) is 4.31 Å². The van der Waals surface area contributed by atoms with Gasteiger partial charge in [0.15, 0.2) is 11.6 Å². The molecule has 0 radical (unpaired) electrons. The average molecular weight is 607 g/mol. The van der Waals surface area contributed by atoms with Gasteiger partial charge in [-0.05, 0) is 64.6 Å². The van der Waals surface area contributed by atoms with Gasteiger partial charge in [0.1, 0.15) is 5.75 Å². The Morgan fingerprint density at radius 1 is 0.814 bits per heavy atom. The molecule has 2 amide bonds. The molecule has 1 aromatic heterocycles. The summed E-state index contributed by atoms with van der Waals surface area (Å²) in [5, 5.41) is 8.83. The number of nitrogens with one attached hydrogen (secondary N) is 3. The molecule has 0 aliphatic rings. The van der Waals surface area contributed by atoms with Crippen molar-refractivity contribution in [2.24, 2.45) is 0 Å². The summed E-state index contributed by atoms with van der Waals surface area (Å²) in [7, 11) is 8.66. The lowest BCUT2D eigenvalue weighted by Gasteiger charge is -2.23. The summed E-state index contributed by atoms with van der Waals surface area (Å²) in [5.74, 6) is 0.233. The molecule has 0 bridgehead atoms. The molecule has 13 nitrogen and oxygen atoms in total. The number of anilines is 6. The van der Waals surface area contributed by atoms with Crippen LogP contribution in [0.1, 0.15) is 0 Å². The standard InChI is InChI=1S/C29H34N8O5S/c1-35(2)17-26(38)30-19-9-8-10-22(14-19)37(43(40)41)29-28(33-24-11-6-7-12-25(24)34-29)32-21-13-20(15-23(16-21)42-5)31-27(39)18-36(3)4/h6-16H,17-18H2,1-5H3,(H,30,38)(H,31,39)(H,32,33)(H,40,41). The largest absolute Gasteiger partial charge is 0.497 e. The molecule has 1 unspecified atom stereocenters. The van der Waals surface area contributed by atoms with Crippen LogP contribution in [0.3, 0.4) is 0 Å². The van der Waals surface area contributed by atoms with Crippen LogP contribution in [0.2, 0.25) is 0 Å². The Balaban J connectivity index is 1.77. The van der Waals surface area contributed by atoms with Gasteiger partial charge in [0.25, 0.3) is 11.3 Å². The maximum atomic E-state index is 12.9. The smallest absolute Gasteiger partial charge is 0.268 e. The van der Waals surface area contributed by atoms with E-state index in [2.05, 4.69) is 16.0 Å². The fourth-order valence-corrected chi connectivity index (χ4v) is 4.76. The van der Waals surface area contributed by atoms with Gasteiger partial charge < -0.3 is 30.5 Å². The van der Waals surface area contributed by atoms with Crippen molar-refractivity contribution in [1.82, 2.24) is 19.8 Å². The second kappa shape index (κ2) is 14.0. The number of benzene rings is 3. The summed E-state index contributed by atoms with van der Waals surface area (Å²) in [6, 6.07) is 18.7. The van der Waals surface area contributed by atoms with Crippen molar-refractivity contribution < 1.29 is 23.1 Å². The van der Waals surface area contributed by atoms with Gasteiger partial charge >= 0.3 is 0 Å². The normalized spacial score (nSPS) is 11.8. The fraction of sp³-hybridized carbons (Fsp3) is 0.241. The number of carbonyl (C=O) groups is 2. The zero-order valence-electron chi connectivity index (χ0n) is 24.5. The van der Waals surface area contributed by atoms with E-state index in [1.807, 2.05) is 6.07 Å². The number of aromatic nitrogens is 2. The molecule has 4 N–H and O–H groups in total. The third-order valence-electron chi connectivity index (χ3n) is 5.87. The molecule has 0 aliphatic heterocycles. The summed E-state index contributed by atoms with van der Waals surface area (Å²) in [5.41, 5.74) is 2.74. The molecule has 0 saturated carbocycles. The lowest BCUT2D eigenvalue weighted by molar-refractivity contribution is -0.117. The molecule has 0 saturated heterocycles. The molecule has 4 aromatic rings. The average Bonchev–Trinajstić information content (AvgIpc) is 2.92. The second-order valence-electron chi connectivity index (χ2n) is 10.1. The quantitative estimate of drug-likeness (QED) is 0.176. The highest BCUT2D eigenvalue weighted by atomic mass is 32.2. The number of nitrogens with zero attached hydrogens (tertiary/aromatic N) is 5. The van der Waals surface area contributed by atoms with Gasteiger partial charge in [-0.2, -0.15) is 0 Å². The Bertz CT molecular complexity index is 1650. The summed E-state index contributed by atoms with van der Waals surface area (Å²) in [6.45, 7) is 0.356. The molecule has 226 valence electrons. The molecule has 4 rings (SSSR count). The lowest BCUT2D eigenvalue weighted by Crippen LogP contribution is -2.27. The molecule has 43 heavy (non-hydrogen) atoms. The number of carbonyl (C=O) groups excluding carboxylic acids is 2. The monoisotopic (exact) mass is 606 g/mol. The first-order chi connectivity index (χ1) is 20.5. The van der Waals surface area contributed by atoms with E-state index in [9.17, 15) is 18.4 Å². The number of para-hydroxylation sites is 2. The number of methoxy groups -OCH3 is 1. The Morgan fingerprint density at radius 2 is 1.42 bits per heavy atom. The lowest BCUT2D eigenvalue weighted by atomic mass is 10.2. The van der Waals surface area contributed by atoms with E-state index in [1.54, 1.807) is 98.7 Å². The summed E-state index contributed by atoms with van der Waals surface area (Å²) < 4.78 is 29.9.